The molecule has 3 nitrogen and oxygen atoms in total. The average molecular weight is 313 g/mol. The average Bonchev–Trinajstić information content (AvgIpc) is 2.49. The molecule has 23 heavy (non-hydrogen) atoms. The van der Waals surface area contributed by atoms with Gasteiger partial charge in [0.05, 0.1) is 6.54 Å². The lowest BCUT2D eigenvalue weighted by atomic mass is 10.2. The summed E-state index contributed by atoms with van der Waals surface area (Å²) in [5.74, 6) is 6.18. The quantitative estimate of drug-likeness (QED) is 0.429. The number of hydrogen-bond acceptors (Lipinski definition) is 2. The van der Waals surface area contributed by atoms with E-state index in [0.29, 0.717) is 13.1 Å². The van der Waals surface area contributed by atoms with Crippen LogP contribution in [0.15, 0.2) is 43.0 Å². The Morgan fingerprint density at radius 1 is 1.26 bits per heavy atom. The molecular weight excluding hydrogens is 286 g/mol. The summed E-state index contributed by atoms with van der Waals surface area (Å²) in [5.41, 5.74) is 0.551. The Morgan fingerprint density at radius 2 is 1.96 bits per heavy atom. The normalized spacial score (nSPS) is 10.4. The van der Waals surface area contributed by atoms with Crippen LogP contribution in [0.1, 0.15) is 45.6 Å². The second kappa shape index (κ2) is 9.74. The summed E-state index contributed by atoms with van der Waals surface area (Å²) in [6, 6.07) is 9.87. The summed E-state index contributed by atoms with van der Waals surface area (Å²) in [5, 5.41) is 0. The van der Waals surface area contributed by atoms with E-state index in [1.807, 2.05) is 57.2 Å². The van der Waals surface area contributed by atoms with Gasteiger partial charge in [-0.25, -0.2) is 4.79 Å². The maximum atomic E-state index is 12.4. The van der Waals surface area contributed by atoms with Gasteiger partial charge in [0.25, 0.3) is 0 Å². The van der Waals surface area contributed by atoms with Crippen LogP contribution >= 0.6 is 0 Å². The molecule has 1 amide bonds. The van der Waals surface area contributed by atoms with Gasteiger partial charge in [-0.2, -0.15) is 0 Å². The molecule has 1 aromatic rings. The second-order valence-corrected chi connectivity index (χ2v) is 6.36. The van der Waals surface area contributed by atoms with E-state index < -0.39 is 5.60 Å². The zero-order chi connectivity index (χ0) is 17.1. The summed E-state index contributed by atoms with van der Waals surface area (Å²) < 4.78 is 5.47. The van der Waals surface area contributed by atoms with Gasteiger partial charge in [0.2, 0.25) is 0 Å². The minimum atomic E-state index is -0.511. The number of carbonyl (C=O) groups is 1. The van der Waals surface area contributed by atoms with E-state index in [2.05, 4.69) is 18.4 Å². The van der Waals surface area contributed by atoms with Crippen molar-refractivity contribution in [3.63, 3.8) is 0 Å². The molecule has 3 heteroatoms. The first-order valence-electron chi connectivity index (χ1n) is 8.01. The molecule has 0 aliphatic heterocycles. The highest BCUT2D eigenvalue weighted by atomic mass is 16.6. The molecule has 124 valence electrons. The molecule has 0 aromatic heterocycles. The van der Waals surface area contributed by atoms with Crippen molar-refractivity contribution in [2.24, 2.45) is 0 Å². The van der Waals surface area contributed by atoms with Gasteiger partial charge in [0.15, 0.2) is 0 Å². The SMILES string of the molecule is C=CCCCC#CCN(Cc1ccccc1)C(=O)OC(C)(C)C. The van der Waals surface area contributed by atoms with Crippen molar-refractivity contribution in [2.45, 2.75) is 52.2 Å². The van der Waals surface area contributed by atoms with Crippen LogP contribution in [0.4, 0.5) is 4.79 Å². The van der Waals surface area contributed by atoms with Gasteiger partial charge in [-0.05, 0) is 39.2 Å². The maximum Gasteiger partial charge on any atom is 0.411 e. The molecule has 0 aliphatic carbocycles. The number of nitrogens with zero attached hydrogens (tertiary/aromatic N) is 1. The van der Waals surface area contributed by atoms with Crippen LogP contribution in [0.2, 0.25) is 0 Å². The van der Waals surface area contributed by atoms with E-state index in [4.69, 9.17) is 4.74 Å². The molecule has 0 aliphatic rings. The van der Waals surface area contributed by atoms with Crippen molar-refractivity contribution < 1.29 is 9.53 Å². The van der Waals surface area contributed by atoms with Gasteiger partial charge in [-0.3, -0.25) is 4.90 Å². The van der Waals surface area contributed by atoms with Crippen LogP contribution in [-0.4, -0.2) is 23.1 Å². The van der Waals surface area contributed by atoms with Gasteiger partial charge < -0.3 is 4.74 Å². The molecule has 0 saturated carbocycles. The molecule has 0 spiro atoms. The standard InChI is InChI=1S/C20H27NO2/c1-5-6-7-8-9-13-16-21(19(22)23-20(2,3)4)17-18-14-11-10-12-15-18/h5,10-12,14-15H,1,6-8,16-17H2,2-4H3. The predicted molar refractivity (Wildman–Crippen MR) is 94.9 cm³/mol. The summed E-state index contributed by atoms with van der Waals surface area (Å²) >= 11 is 0. The van der Waals surface area contributed by atoms with Crippen LogP contribution < -0.4 is 0 Å². The number of amides is 1. The smallest absolute Gasteiger partial charge is 0.411 e. The molecule has 0 atom stereocenters. The monoisotopic (exact) mass is 313 g/mol. The zero-order valence-electron chi connectivity index (χ0n) is 14.5. The number of allylic oxidation sites excluding steroid dienone is 1. The third-order valence-corrected chi connectivity index (χ3v) is 2.97. The molecule has 0 fully saturated rings. The van der Waals surface area contributed by atoms with E-state index in [1.165, 1.54) is 0 Å². The minimum absolute atomic E-state index is 0.332. The number of rotatable bonds is 6. The van der Waals surface area contributed by atoms with Crippen molar-refractivity contribution in [3.8, 4) is 11.8 Å². The second-order valence-electron chi connectivity index (χ2n) is 6.36. The molecule has 1 aromatic carbocycles. The number of benzene rings is 1. The van der Waals surface area contributed by atoms with Crippen molar-refractivity contribution in [1.29, 1.82) is 0 Å². The zero-order valence-corrected chi connectivity index (χ0v) is 14.5. The van der Waals surface area contributed by atoms with Crippen LogP contribution in [-0.2, 0) is 11.3 Å². The molecule has 0 unspecified atom stereocenters. The lowest BCUT2D eigenvalue weighted by Gasteiger charge is -2.26. The molecule has 0 radical (unpaired) electrons. The Hall–Kier alpha value is -2.21. The fourth-order valence-corrected chi connectivity index (χ4v) is 1.89. The van der Waals surface area contributed by atoms with Gasteiger partial charge in [-0.15, -0.1) is 12.5 Å². The predicted octanol–water partition coefficient (Wildman–Crippen LogP) is 4.78. The number of carbonyl (C=O) groups excluding carboxylic acids is 1. The summed E-state index contributed by atoms with van der Waals surface area (Å²) in [6.45, 7) is 10.2. The first-order valence-corrected chi connectivity index (χ1v) is 8.01. The summed E-state index contributed by atoms with van der Waals surface area (Å²) in [4.78, 5) is 14.0. The first-order chi connectivity index (χ1) is 10.9. The van der Waals surface area contributed by atoms with E-state index in [1.54, 1.807) is 4.90 Å². The third kappa shape index (κ3) is 8.73. The molecule has 0 heterocycles. The first kappa shape index (κ1) is 18.8. The third-order valence-electron chi connectivity index (χ3n) is 2.97. The van der Waals surface area contributed by atoms with E-state index >= 15 is 0 Å². The molecule has 0 N–H and O–H groups in total. The molecule has 0 saturated heterocycles. The van der Waals surface area contributed by atoms with Crippen LogP contribution in [0, 0.1) is 11.8 Å². The lowest BCUT2D eigenvalue weighted by Crippen LogP contribution is -2.36. The highest BCUT2D eigenvalue weighted by Gasteiger charge is 2.21. The van der Waals surface area contributed by atoms with Crippen molar-refractivity contribution >= 4 is 6.09 Å². The van der Waals surface area contributed by atoms with E-state index in [-0.39, 0.29) is 6.09 Å². The minimum Gasteiger partial charge on any atom is -0.444 e. The lowest BCUT2D eigenvalue weighted by molar-refractivity contribution is 0.0260. The van der Waals surface area contributed by atoms with Crippen LogP contribution in [0.5, 0.6) is 0 Å². The van der Waals surface area contributed by atoms with E-state index in [0.717, 1.165) is 24.8 Å². The number of unbranched alkanes of at least 4 members (excludes halogenated alkanes) is 2. The van der Waals surface area contributed by atoms with Gasteiger partial charge in [-0.1, -0.05) is 42.3 Å². The number of ether oxygens (including phenoxy) is 1. The highest BCUT2D eigenvalue weighted by molar-refractivity contribution is 5.68. The van der Waals surface area contributed by atoms with Crippen molar-refractivity contribution in [2.75, 3.05) is 6.54 Å². The van der Waals surface area contributed by atoms with Gasteiger partial charge in [0, 0.05) is 13.0 Å². The topological polar surface area (TPSA) is 29.5 Å². The van der Waals surface area contributed by atoms with Crippen LogP contribution in [0.3, 0.4) is 0 Å². The Morgan fingerprint density at radius 3 is 2.57 bits per heavy atom. The summed E-state index contributed by atoms with van der Waals surface area (Å²) in [6.07, 6.45) is 4.35. The molecular formula is C20H27NO2. The Labute approximate surface area is 140 Å². The fourth-order valence-electron chi connectivity index (χ4n) is 1.89. The largest absolute Gasteiger partial charge is 0.444 e. The number of hydrogen-bond donors (Lipinski definition) is 0. The van der Waals surface area contributed by atoms with Crippen molar-refractivity contribution in [3.05, 3.63) is 48.6 Å². The van der Waals surface area contributed by atoms with Gasteiger partial charge in [0.1, 0.15) is 5.60 Å². The fraction of sp³-hybridized carbons (Fsp3) is 0.450. The maximum absolute atomic E-state index is 12.4. The van der Waals surface area contributed by atoms with Crippen molar-refractivity contribution in [1.82, 2.24) is 4.90 Å². The van der Waals surface area contributed by atoms with E-state index in [9.17, 15) is 4.79 Å². The Bertz CT molecular complexity index is 546. The van der Waals surface area contributed by atoms with Gasteiger partial charge >= 0.3 is 6.09 Å². The molecule has 0 bridgehead atoms. The Balaban J connectivity index is 2.68. The van der Waals surface area contributed by atoms with Crippen LogP contribution in [0.25, 0.3) is 0 Å². The highest BCUT2D eigenvalue weighted by Crippen LogP contribution is 2.12. The molecule has 1 rings (SSSR count). The Kier molecular flexibility index (Phi) is 7.97. The summed E-state index contributed by atoms with van der Waals surface area (Å²) in [7, 11) is 0.